The summed E-state index contributed by atoms with van der Waals surface area (Å²) >= 11 is 2.06. The summed E-state index contributed by atoms with van der Waals surface area (Å²) < 4.78 is 6.05. The van der Waals surface area contributed by atoms with Crippen LogP contribution in [-0.4, -0.2) is 42.7 Å². The third-order valence-electron chi connectivity index (χ3n) is 4.34. The van der Waals surface area contributed by atoms with Gasteiger partial charge in [-0.05, 0) is 50.8 Å². The number of aliphatic imine (C=N–C) groups is 1. The lowest BCUT2D eigenvalue weighted by molar-refractivity contribution is 0.117. The van der Waals surface area contributed by atoms with Crippen LogP contribution in [0.3, 0.4) is 0 Å². The summed E-state index contributed by atoms with van der Waals surface area (Å²) in [7, 11) is 0. The molecule has 2 N–H and O–H groups in total. The molecule has 6 heteroatoms. The van der Waals surface area contributed by atoms with Crippen LogP contribution in [0.1, 0.15) is 45.1 Å². The Morgan fingerprint density at radius 2 is 2.04 bits per heavy atom. The SMILES string of the molecule is CCNC(=NCC1(C)CCCS1)NCCCCOCc1ccccc1.I. The molecule has 0 aliphatic carbocycles. The van der Waals surface area contributed by atoms with Crippen molar-refractivity contribution in [1.29, 1.82) is 0 Å². The van der Waals surface area contributed by atoms with Crippen molar-refractivity contribution in [2.24, 2.45) is 4.99 Å². The molecule has 1 saturated heterocycles. The van der Waals surface area contributed by atoms with E-state index in [0.717, 1.165) is 45.0 Å². The van der Waals surface area contributed by atoms with Crippen molar-refractivity contribution in [3.63, 3.8) is 0 Å². The van der Waals surface area contributed by atoms with Crippen molar-refractivity contribution in [2.75, 3.05) is 32.0 Å². The molecular weight excluding hydrogens is 457 g/mol. The number of benzene rings is 1. The zero-order chi connectivity index (χ0) is 17.8. The molecule has 26 heavy (non-hydrogen) atoms. The Kier molecular flexibility index (Phi) is 12.4. The summed E-state index contributed by atoms with van der Waals surface area (Å²) in [6.07, 6.45) is 4.75. The van der Waals surface area contributed by atoms with E-state index in [0.29, 0.717) is 11.4 Å². The van der Waals surface area contributed by atoms with Crippen molar-refractivity contribution in [2.45, 2.75) is 50.9 Å². The summed E-state index contributed by atoms with van der Waals surface area (Å²) in [6, 6.07) is 10.3. The largest absolute Gasteiger partial charge is 0.377 e. The lowest BCUT2D eigenvalue weighted by atomic mass is 10.1. The van der Waals surface area contributed by atoms with Crippen molar-refractivity contribution in [3.05, 3.63) is 35.9 Å². The topological polar surface area (TPSA) is 45.7 Å². The number of rotatable bonds is 10. The molecule has 0 bridgehead atoms. The Labute approximate surface area is 180 Å². The predicted molar refractivity (Wildman–Crippen MR) is 125 cm³/mol. The Bertz CT molecular complexity index is 507. The van der Waals surface area contributed by atoms with Crippen molar-refractivity contribution in [1.82, 2.24) is 10.6 Å². The van der Waals surface area contributed by atoms with Gasteiger partial charge in [0, 0.05) is 24.4 Å². The first-order valence-electron chi connectivity index (χ1n) is 9.50. The number of ether oxygens (including phenoxy) is 1. The summed E-state index contributed by atoms with van der Waals surface area (Å²) in [5.74, 6) is 2.22. The number of thioether (sulfide) groups is 1. The van der Waals surface area contributed by atoms with Gasteiger partial charge in [-0.25, -0.2) is 0 Å². The summed E-state index contributed by atoms with van der Waals surface area (Å²) in [6.45, 7) is 8.68. The summed E-state index contributed by atoms with van der Waals surface area (Å²) in [5.41, 5.74) is 1.24. The molecule has 0 amide bonds. The summed E-state index contributed by atoms with van der Waals surface area (Å²) in [5, 5.41) is 6.79. The highest BCUT2D eigenvalue weighted by molar-refractivity contribution is 14.0. The molecule has 1 fully saturated rings. The van der Waals surface area contributed by atoms with Gasteiger partial charge >= 0.3 is 0 Å². The second kappa shape index (κ2) is 13.7. The highest BCUT2D eigenvalue weighted by Gasteiger charge is 2.29. The van der Waals surface area contributed by atoms with E-state index >= 15 is 0 Å². The highest BCUT2D eigenvalue weighted by Crippen LogP contribution is 2.37. The van der Waals surface area contributed by atoms with Gasteiger partial charge in [-0.3, -0.25) is 4.99 Å². The molecule has 148 valence electrons. The Balaban J connectivity index is 0.00000338. The first-order chi connectivity index (χ1) is 12.2. The Morgan fingerprint density at radius 3 is 2.73 bits per heavy atom. The number of hydrogen-bond acceptors (Lipinski definition) is 3. The fourth-order valence-corrected chi connectivity index (χ4v) is 4.08. The van der Waals surface area contributed by atoms with Crippen molar-refractivity contribution < 1.29 is 4.74 Å². The fourth-order valence-electron chi connectivity index (χ4n) is 2.85. The average molecular weight is 491 g/mol. The maximum absolute atomic E-state index is 5.73. The number of halogens is 1. The number of hydrogen-bond donors (Lipinski definition) is 2. The van der Waals surface area contributed by atoms with Crippen LogP contribution in [0.5, 0.6) is 0 Å². The van der Waals surface area contributed by atoms with E-state index < -0.39 is 0 Å². The van der Waals surface area contributed by atoms with Gasteiger partial charge in [-0.1, -0.05) is 30.3 Å². The van der Waals surface area contributed by atoms with Gasteiger partial charge < -0.3 is 15.4 Å². The van der Waals surface area contributed by atoms with E-state index in [4.69, 9.17) is 9.73 Å². The molecule has 0 spiro atoms. The van der Waals surface area contributed by atoms with Crippen molar-refractivity contribution in [3.8, 4) is 0 Å². The van der Waals surface area contributed by atoms with Gasteiger partial charge in [-0.15, -0.1) is 24.0 Å². The lowest BCUT2D eigenvalue weighted by Crippen LogP contribution is -2.39. The lowest BCUT2D eigenvalue weighted by Gasteiger charge is -2.21. The normalized spacial score (nSPS) is 19.8. The average Bonchev–Trinajstić information content (AvgIpc) is 3.06. The van der Waals surface area contributed by atoms with Gasteiger partial charge in [0.1, 0.15) is 0 Å². The molecule has 1 atom stereocenters. The minimum atomic E-state index is 0. The van der Waals surface area contributed by atoms with E-state index in [9.17, 15) is 0 Å². The molecule has 1 aliphatic rings. The minimum Gasteiger partial charge on any atom is -0.377 e. The van der Waals surface area contributed by atoms with Crippen LogP contribution in [0.4, 0.5) is 0 Å². The summed E-state index contributed by atoms with van der Waals surface area (Å²) in [4.78, 5) is 4.78. The monoisotopic (exact) mass is 491 g/mol. The Morgan fingerprint density at radius 1 is 1.23 bits per heavy atom. The smallest absolute Gasteiger partial charge is 0.191 e. The Hall–Kier alpha value is -0.470. The molecule has 1 unspecified atom stereocenters. The molecule has 1 heterocycles. The molecule has 1 aliphatic heterocycles. The van der Waals surface area contributed by atoms with Gasteiger partial charge in [0.05, 0.1) is 13.2 Å². The second-order valence-corrected chi connectivity index (χ2v) is 8.45. The first-order valence-corrected chi connectivity index (χ1v) is 10.5. The van der Waals surface area contributed by atoms with Gasteiger partial charge in [0.15, 0.2) is 5.96 Å². The van der Waals surface area contributed by atoms with Crippen LogP contribution in [-0.2, 0) is 11.3 Å². The van der Waals surface area contributed by atoms with E-state index in [2.05, 4.69) is 60.5 Å². The quantitative estimate of drug-likeness (QED) is 0.220. The van der Waals surface area contributed by atoms with Crippen LogP contribution in [0.15, 0.2) is 35.3 Å². The van der Waals surface area contributed by atoms with E-state index in [-0.39, 0.29) is 24.0 Å². The third-order valence-corrected chi connectivity index (χ3v) is 5.86. The number of guanidine groups is 1. The van der Waals surface area contributed by atoms with Crippen molar-refractivity contribution >= 4 is 41.7 Å². The molecule has 0 aromatic heterocycles. The molecule has 0 radical (unpaired) electrons. The van der Waals surface area contributed by atoms with Crippen LogP contribution in [0, 0.1) is 0 Å². The molecule has 0 saturated carbocycles. The van der Waals surface area contributed by atoms with Crippen LogP contribution < -0.4 is 10.6 Å². The van der Waals surface area contributed by atoms with E-state index in [1.165, 1.54) is 24.2 Å². The molecular formula is C20H34IN3OS. The molecule has 1 aromatic rings. The van der Waals surface area contributed by atoms with Crippen LogP contribution in [0.25, 0.3) is 0 Å². The van der Waals surface area contributed by atoms with E-state index in [1.54, 1.807) is 0 Å². The highest BCUT2D eigenvalue weighted by atomic mass is 127. The van der Waals surface area contributed by atoms with E-state index in [1.807, 2.05) is 6.07 Å². The fraction of sp³-hybridized carbons (Fsp3) is 0.650. The van der Waals surface area contributed by atoms with Gasteiger partial charge in [0.25, 0.3) is 0 Å². The van der Waals surface area contributed by atoms with Gasteiger partial charge in [0.2, 0.25) is 0 Å². The molecule has 4 nitrogen and oxygen atoms in total. The second-order valence-electron chi connectivity index (χ2n) is 6.77. The zero-order valence-corrected chi connectivity index (χ0v) is 19.3. The number of nitrogens with zero attached hydrogens (tertiary/aromatic N) is 1. The van der Waals surface area contributed by atoms with Crippen LogP contribution >= 0.6 is 35.7 Å². The number of unbranched alkanes of at least 4 members (excludes halogenated alkanes) is 1. The van der Waals surface area contributed by atoms with Crippen LogP contribution in [0.2, 0.25) is 0 Å². The molecule has 2 rings (SSSR count). The minimum absolute atomic E-state index is 0. The zero-order valence-electron chi connectivity index (χ0n) is 16.1. The van der Waals surface area contributed by atoms with Gasteiger partial charge in [-0.2, -0.15) is 11.8 Å². The number of nitrogens with one attached hydrogen (secondary N) is 2. The first kappa shape index (κ1) is 23.6. The standard InChI is InChI=1S/C20H33N3OS.HI/c1-3-21-19(23-17-20(2)12-9-15-25-20)22-13-7-8-14-24-16-18-10-5-4-6-11-18;/h4-6,10-11H,3,7-9,12-17H2,1-2H3,(H2,21,22,23);1H. The molecule has 1 aromatic carbocycles. The third kappa shape index (κ3) is 9.46. The predicted octanol–water partition coefficient (Wildman–Crippen LogP) is 4.44. The maximum Gasteiger partial charge on any atom is 0.191 e. The maximum atomic E-state index is 5.73.